The highest BCUT2D eigenvalue weighted by Gasteiger charge is 2.17. The maximum absolute atomic E-state index is 12.5. The van der Waals surface area contributed by atoms with Crippen LogP contribution in [0.1, 0.15) is 28.9 Å². The van der Waals surface area contributed by atoms with E-state index >= 15 is 0 Å². The first-order valence-electron chi connectivity index (χ1n) is 8.18. The summed E-state index contributed by atoms with van der Waals surface area (Å²) in [5.41, 5.74) is 0.242. The molecule has 6 nitrogen and oxygen atoms in total. The highest BCUT2D eigenvalue weighted by atomic mass is 35.5. The summed E-state index contributed by atoms with van der Waals surface area (Å²) in [6.45, 7) is 1.83. The maximum Gasteiger partial charge on any atom is 0.349 e. The van der Waals surface area contributed by atoms with Gasteiger partial charge in [-0.25, -0.2) is 4.79 Å². The van der Waals surface area contributed by atoms with Gasteiger partial charge in [0.25, 0.3) is 5.91 Å². The van der Waals surface area contributed by atoms with Gasteiger partial charge in [0.05, 0.1) is 6.04 Å². The van der Waals surface area contributed by atoms with Crippen molar-refractivity contribution in [3.63, 3.8) is 0 Å². The Bertz CT molecular complexity index is 1050. The van der Waals surface area contributed by atoms with E-state index in [4.69, 9.17) is 20.8 Å². The van der Waals surface area contributed by atoms with Gasteiger partial charge in [0.2, 0.25) is 0 Å². The van der Waals surface area contributed by atoms with E-state index in [2.05, 4.69) is 5.32 Å². The lowest BCUT2D eigenvalue weighted by atomic mass is 10.1. The van der Waals surface area contributed by atoms with Gasteiger partial charge in [-0.1, -0.05) is 30.3 Å². The van der Waals surface area contributed by atoms with Gasteiger partial charge in [-0.3, -0.25) is 9.59 Å². The number of rotatable bonds is 5. The number of fused-ring (bicyclic) bond motifs is 1. The molecular weight excluding hydrogens is 370 g/mol. The summed E-state index contributed by atoms with van der Waals surface area (Å²) in [6, 6.07) is 15.1. The van der Waals surface area contributed by atoms with E-state index < -0.39 is 17.5 Å². The fraction of sp³-hybridized carbons (Fsp3) is 0.150. The normalized spacial score (nSPS) is 11.8. The molecular formula is C20H16ClNO5. The van der Waals surface area contributed by atoms with Gasteiger partial charge < -0.3 is 14.5 Å². The number of amides is 1. The average molecular weight is 386 g/mol. The van der Waals surface area contributed by atoms with Crippen molar-refractivity contribution < 1.29 is 18.7 Å². The number of hydrogen-bond acceptors (Lipinski definition) is 5. The van der Waals surface area contributed by atoms with Gasteiger partial charge in [-0.2, -0.15) is 0 Å². The molecule has 0 bridgehead atoms. The summed E-state index contributed by atoms with van der Waals surface area (Å²) in [7, 11) is 0. The van der Waals surface area contributed by atoms with Gasteiger partial charge in [-0.15, -0.1) is 11.6 Å². The molecule has 0 fully saturated rings. The second-order valence-corrected chi connectivity index (χ2v) is 6.13. The second-order valence-electron chi connectivity index (χ2n) is 5.86. The number of esters is 1. The Kier molecular flexibility index (Phi) is 5.57. The summed E-state index contributed by atoms with van der Waals surface area (Å²) in [5.74, 6) is -1.24. The zero-order valence-electron chi connectivity index (χ0n) is 14.4. The molecule has 1 atom stereocenters. The number of carbonyl (C=O) groups is 2. The van der Waals surface area contributed by atoms with E-state index in [9.17, 15) is 14.4 Å². The van der Waals surface area contributed by atoms with E-state index in [0.29, 0.717) is 5.39 Å². The van der Waals surface area contributed by atoms with Gasteiger partial charge in [-0.05, 0) is 30.7 Å². The summed E-state index contributed by atoms with van der Waals surface area (Å²) in [6.07, 6.45) is 0. The molecule has 3 rings (SSSR count). The molecule has 0 aliphatic carbocycles. The molecule has 0 aliphatic heterocycles. The lowest BCUT2D eigenvalue weighted by molar-refractivity contribution is -0.131. The van der Waals surface area contributed by atoms with Crippen LogP contribution in [0.5, 0.6) is 5.75 Å². The summed E-state index contributed by atoms with van der Waals surface area (Å²) in [4.78, 5) is 36.0. The monoisotopic (exact) mass is 385 g/mol. The first kappa shape index (κ1) is 18.7. The Hall–Kier alpha value is -3.12. The zero-order chi connectivity index (χ0) is 19.4. The quantitative estimate of drug-likeness (QED) is 0.315. The fourth-order valence-electron chi connectivity index (χ4n) is 2.57. The van der Waals surface area contributed by atoms with E-state index in [1.807, 2.05) is 37.3 Å². The number of carbonyl (C=O) groups excluding carboxylic acids is 2. The van der Waals surface area contributed by atoms with Crippen LogP contribution in [-0.2, 0) is 4.79 Å². The van der Waals surface area contributed by atoms with Crippen molar-refractivity contribution in [3.8, 4) is 5.75 Å². The Labute approximate surface area is 159 Å². The van der Waals surface area contributed by atoms with Crippen molar-refractivity contribution in [2.75, 3.05) is 5.88 Å². The molecule has 0 radical (unpaired) electrons. The van der Waals surface area contributed by atoms with Crippen molar-refractivity contribution in [2.45, 2.75) is 13.0 Å². The summed E-state index contributed by atoms with van der Waals surface area (Å²) < 4.78 is 10.2. The van der Waals surface area contributed by atoms with Crippen LogP contribution in [0.15, 0.2) is 63.8 Å². The summed E-state index contributed by atoms with van der Waals surface area (Å²) in [5, 5.41) is 3.31. The highest BCUT2D eigenvalue weighted by molar-refractivity contribution is 6.26. The van der Waals surface area contributed by atoms with E-state index in [-0.39, 0.29) is 28.8 Å². The average Bonchev–Trinajstić information content (AvgIpc) is 2.67. The topological polar surface area (TPSA) is 85.6 Å². The molecule has 138 valence electrons. The third kappa shape index (κ3) is 4.35. The molecule has 1 aromatic heterocycles. The standard InChI is InChI=1S/C20H16ClNO5/c1-12(13-5-3-2-4-6-13)22-19(24)16-9-14-7-8-15(26-18(23)11-21)10-17(14)27-20(16)25/h2-10,12H,11H2,1H3,(H,22,24). The Morgan fingerprint density at radius 2 is 1.89 bits per heavy atom. The van der Waals surface area contributed by atoms with Gasteiger partial charge in [0, 0.05) is 11.5 Å². The second kappa shape index (κ2) is 8.05. The Morgan fingerprint density at radius 3 is 2.59 bits per heavy atom. The van der Waals surface area contributed by atoms with E-state index in [1.54, 1.807) is 6.07 Å². The van der Waals surface area contributed by atoms with Crippen LogP contribution in [0.2, 0.25) is 0 Å². The first-order chi connectivity index (χ1) is 13.0. The molecule has 0 saturated carbocycles. The van der Waals surface area contributed by atoms with Gasteiger partial charge in [0.15, 0.2) is 0 Å². The number of ether oxygens (including phenoxy) is 1. The zero-order valence-corrected chi connectivity index (χ0v) is 15.2. The predicted molar refractivity (Wildman–Crippen MR) is 101 cm³/mol. The molecule has 0 spiro atoms. The smallest absolute Gasteiger partial charge is 0.349 e. The van der Waals surface area contributed by atoms with Gasteiger partial charge >= 0.3 is 11.6 Å². The van der Waals surface area contributed by atoms with Crippen LogP contribution in [0.3, 0.4) is 0 Å². The highest BCUT2D eigenvalue weighted by Crippen LogP contribution is 2.21. The van der Waals surface area contributed by atoms with Crippen LogP contribution >= 0.6 is 11.6 Å². The van der Waals surface area contributed by atoms with Crippen molar-refractivity contribution in [2.24, 2.45) is 0 Å². The summed E-state index contributed by atoms with van der Waals surface area (Å²) >= 11 is 5.39. The molecule has 0 aliphatic rings. The minimum Gasteiger partial charge on any atom is -0.426 e. The number of halogens is 1. The van der Waals surface area contributed by atoms with Crippen molar-refractivity contribution in [1.29, 1.82) is 0 Å². The molecule has 1 unspecified atom stereocenters. The number of nitrogens with one attached hydrogen (secondary N) is 1. The van der Waals surface area contributed by atoms with Crippen LogP contribution in [0.25, 0.3) is 11.0 Å². The SMILES string of the molecule is CC(NC(=O)c1cc2ccc(OC(=O)CCl)cc2oc1=O)c1ccccc1. The molecule has 3 aromatic rings. The minimum atomic E-state index is -0.777. The molecule has 1 N–H and O–H groups in total. The molecule has 1 heterocycles. The van der Waals surface area contributed by atoms with Crippen LogP contribution in [-0.4, -0.2) is 17.8 Å². The van der Waals surface area contributed by atoms with Crippen LogP contribution < -0.4 is 15.7 Å². The lowest BCUT2D eigenvalue weighted by Gasteiger charge is -2.14. The molecule has 27 heavy (non-hydrogen) atoms. The van der Waals surface area contributed by atoms with Crippen LogP contribution in [0.4, 0.5) is 0 Å². The van der Waals surface area contributed by atoms with Crippen molar-refractivity contribution in [1.82, 2.24) is 5.32 Å². The molecule has 2 aromatic carbocycles. The van der Waals surface area contributed by atoms with E-state index in [0.717, 1.165) is 5.56 Å². The van der Waals surface area contributed by atoms with Crippen LogP contribution in [0, 0.1) is 0 Å². The Balaban J connectivity index is 1.85. The maximum atomic E-state index is 12.5. The largest absolute Gasteiger partial charge is 0.426 e. The van der Waals surface area contributed by atoms with Crippen molar-refractivity contribution >= 4 is 34.4 Å². The fourth-order valence-corrected chi connectivity index (χ4v) is 2.63. The minimum absolute atomic E-state index is 0.101. The number of benzene rings is 2. The molecule has 1 amide bonds. The third-order valence-corrected chi connectivity index (χ3v) is 4.16. The molecule has 0 saturated heterocycles. The Morgan fingerprint density at radius 1 is 1.15 bits per heavy atom. The van der Waals surface area contributed by atoms with Crippen molar-refractivity contribution in [3.05, 3.63) is 76.1 Å². The molecule has 7 heteroatoms. The van der Waals surface area contributed by atoms with Gasteiger partial charge in [0.1, 0.15) is 22.8 Å². The lowest BCUT2D eigenvalue weighted by Crippen LogP contribution is -2.30. The number of alkyl halides is 1. The predicted octanol–water partition coefficient (Wildman–Crippen LogP) is 3.43. The third-order valence-electron chi connectivity index (χ3n) is 3.94. The number of hydrogen-bond donors (Lipinski definition) is 1. The first-order valence-corrected chi connectivity index (χ1v) is 8.71. The van der Waals surface area contributed by atoms with E-state index in [1.165, 1.54) is 18.2 Å².